The maximum absolute atomic E-state index is 11.0. The van der Waals surface area contributed by atoms with E-state index in [1.165, 1.54) is 0 Å². The first-order chi connectivity index (χ1) is 8.58. The Bertz CT molecular complexity index is 430. The predicted molar refractivity (Wildman–Crippen MR) is 75.0 cm³/mol. The molecule has 1 atom stereocenters. The highest BCUT2D eigenvalue weighted by Gasteiger charge is 2.13. The quantitative estimate of drug-likeness (QED) is 0.452. The maximum atomic E-state index is 11.0. The minimum Gasteiger partial charge on any atom is -0.382 e. The van der Waals surface area contributed by atoms with Crippen molar-refractivity contribution < 1.29 is 4.92 Å². The average Bonchev–Trinajstić information content (AvgIpc) is 2.36. The number of allylic oxidation sites excluding steroid dienone is 1. The molecule has 0 aromatic heterocycles. The molecule has 0 aliphatic heterocycles. The smallest absolute Gasteiger partial charge is 0.274 e. The fraction of sp³-hybridized carbons (Fsp3) is 0.429. The van der Waals surface area contributed by atoms with E-state index in [1.807, 2.05) is 25.1 Å². The Hall–Kier alpha value is -1.84. The third kappa shape index (κ3) is 3.87. The highest BCUT2D eigenvalue weighted by Crippen LogP contribution is 2.24. The van der Waals surface area contributed by atoms with E-state index in [1.54, 1.807) is 6.07 Å². The van der Waals surface area contributed by atoms with Crippen LogP contribution in [0.15, 0.2) is 30.9 Å². The molecule has 1 aromatic carbocycles. The van der Waals surface area contributed by atoms with E-state index in [-0.39, 0.29) is 16.7 Å². The van der Waals surface area contributed by atoms with Crippen molar-refractivity contribution in [3.05, 3.63) is 46.5 Å². The molecule has 0 radical (unpaired) electrons. The van der Waals surface area contributed by atoms with Gasteiger partial charge in [-0.25, -0.2) is 0 Å². The van der Waals surface area contributed by atoms with Crippen LogP contribution in [-0.2, 0) is 6.42 Å². The van der Waals surface area contributed by atoms with Crippen LogP contribution in [0.4, 0.5) is 11.4 Å². The molecule has 1 N–H and O–H groups in total. The monoisotopic (exact) mass is 248 g/mol. The molecule has 0 spiro atoms. The van der Waals surface area contributed by atoms with Crippen molar-refractivity contribution in [2.24, 2.45) is 0 Å². The standard InChI is InChI=1S/C14H20N2O2/c1-4-6-7-11(3)15-13-9-8-12(5-2)14(10-13)16(17)18/h4,8-11,15H,1,5-7H2,2-3H3. The summed E-state index contributed by atoms with van der Waals surface area (Å²) in [6.07, 6.45) is 4.44. The van der Waals surface area contributed by atoms with Crippen LogP contribution in [-0.4, -0.2) is 11.0 Å². The number of nitrogens with zero attached hydrogens (tertiary/aromatic N) is 1. The molecule has 4 heteroatoms. The van der Waals surface area contributed by atoms with Gasteiger partial charge in [-0.3, -0.25) is 10.1 Å². The fourth-order valence-electron chi connectivity index (χ4n) is 1.85. The van der Waals surface area contributed by atoms with Crippen molar-refractivity contribution in [3.63, 3.8) is 0 Å². The summed E-state index contributed by atoms with van der Waals surface area (Å²) in [5, 5.41) is 14.2. The van der Waals surface area contributed by atoms with Gasteiger partial charge in [0.1, 0.15) is 0 Å². The number of nitro groups is 1. The molecular formula is C14H20N2O2. The molecule has 98 valence electrons. The third-order valence-electron chi connectivity index (χ3n) is 2.88. The Labute approximate surface area is 108 Å². The third-order valence-corrected chi connectivity index (χ3v) is 2.88. The summed E-state index contributed by atoms with van der Waals surface area (Å²) in [6.45, 7) is 7.66. The molecule has 0 heterocycles. The average molecular weight is 248 g/mol. The van der Waals surface area contributed by atoms with Crippen LogP contribution < -0.4 is 5.32 Å². The summed E-state index contributed by atoms with van der Waals surface area (Å²) in [5.74, 6) is 0. The van der Waals surface area contributed by atoms with Gasteiger partial charge in [0.2, 0.25) is 0 Å². The van der Waals surface area contributed by atoms with Crippen LogP contribution in [0.2, 0.25) is 0 Å². The van der Waals surface area contributed by atoms with Crippen molar-refractivity contribution in [3.8, 4) is 0 Å². The molecule has 0 bridgehead atoms. The molecule has 1 rings (SSSR count). The molecular weight excluding hydrogens is 228 g/mol. The lowest BCUT2D eigenvalue weighted by Crippen LogP contribution is -2.14. The van der Waals surface area contributed by atoms with Crippen LogP contribution in [0.3, 0.4) is 0 Å². The second kappa shape index (κ2) is 6.79. The van der Waals surface area contributed by atoms with Gasteiger partial charge in [0.05, 0.1) is 4.92 Å². The molecule has 4 nitrogen and oxygen atoms in total. The zero-order valence-electron chi connectivity index (χ0n) is 11.0. The van der Waals surface area contributed by atoms with Crippen LogP contribution in [0.1, 0.15) is 32.3 Å². The van der Waals surface area contributed by atoms with Gasteiger partial charge in [0.25, 0.3) is 5.69 Å². The fourth-order valence-corrected chi connectivity index (χ4v) is 1.85. The van der Waals surface area contributed by atoms with Gasteiger partial charge in [-0.15, -0.1) is 6.58 Å². The van der Waals surface area contributed by atoms with Gasteiger partial charge in [-0.05, 0) is 32.3 Å². The van der Waals surface area contributed by atoms with Gasteiger partial charge >= 0.3 is 0 Å². The van der Waals surface area contributed by atoms with E-state index in [4.69, 9.17) is 0 Å². The number of rotatable bonds is 7. The van der Waals surface area contributed by atoms with E-state index < -0.39 is 0 Å². The number of nitrogens with one attached hydrogen (secondary N) is 1. The Balaban J connectivity index is 2.81. The van der Waals surface area contributed by atoms with Crippen molar-refractivity contribution in [2.75, 3.05) is 5.32 Å². The minimum atomic E-state index is -0.321. The summed E-state index contributed by atoms with van der Waals surface area (Å²) in [4.78, 5) is 10.6. The molecule has 0 saturated heterocycles. The van der Waals surface area contributed by atoms with Crippen molar-refractivity contribution >= 4 is 11.4 Å². The second-order valence-corrected chi connectivity index (χ2v) is 4.37. The number of hydrogen-bond acceptors (Lipinski definition) is 3. The Morgan fingerprint density at radius 3 is 2.83 bits per heavy atom. The van der Waals surface area contributed by atoms with E-state index in [2.05, 4.69) is 18.8 Å². The Morgan fingerprint density at radius 2 is 2.28 bits per heavy atom. The van der Waals surface area contributed by atoms with Crippen LogP contribution >= 0.6 is 0 Å². The lowest BCUT2D eigenvalue weighted by Gasteiger charge is -2.14. The number of nitro benzene ring substituents is 1. The molecule has 0 amide bonds. The topological polar surface area (TPSA) is 55.2 Å². The summed E-state index contributed by atoms with van der Waals surface area (Å²) < 4.78 is 0. The number of anilines is 1. The van der Waals surface area contributed by atoms with Crippen LogP contribution in [0.25, 0.3) is 0 Å². The van der Waals surface area contributed by atoms with Gasteiger partial charge in [0, 0.05) is 23.4 Å². The number of aryl methyl sites for hydroxylation is 1. The number of hydrogen-bond donors (Lipinski definition) is 1. The lowest BCUT2D eigenvalue weighted by molar-refractivity contribution is -0.385. The highest BCUT2D eigenvalue weighted by molar-refractivity contribution is 5.55. The Kier molecular flexibility index (Phi) is 5.36. The summed E-state index contributed by atoms with van der Waals surface area (Å²) in [6, 6.07) is 5.61. The van der Waals surface area contributed by atoms with E-state index in [0.29, 0.717) is 6.42 Å². The highest BCUT2D eigenvalue weighted by atomic mass is 16.6. The molecule has 0 saturated carbocycles. The van der Waals surface area contributed by atoms with Gasteiger partial charge < -0.3 is 5.32 Å². The van der Waals surface area contributed by atoms with Crippen LogP contribution in [0, 0.1) is 10.1 Å². The van der Waals surface area contributed by atoms with Gasteiger partial charge in [0.15, 0.2) is 0 Å². The summed E-state index contributed by atoms with van der Waals surface area (Å²) >= 11 is 0. The molecule has 18 heavy (non-hydrogen) atoms. The van der Waals surface area contributed by atoms with E-state index in [9.17, 15) is 10.1 Å². The normalized spacial score (nSPS) is 11.9. The molecule has 0 fully saturated rings. The zero-order chi connectivity index (χ0) is 13.5. The first-order valence-corrected chi connectivity index (χ1v) is 6.23. The minimum absolute atomic E-state index is 0.193. The predicted octanol–water partition coefficient (Wildman–Crippen LogP) is 3.92. The van der Waals surface area contributed by atoms with Gasteiger partial charge in [-0.1, -0.05) is 19.1 Å². The number of benzene rings is 1. The SMILES string of the molecule is C=CCCC(C)Nc1ccc(CC)c([N+](=O)[O-])c1. The van der Waals surface area contributed by atoms with Crippen molar-refractivity contribution in [2.45, 2.75) is 39.2 Å². The molecule has 1 unspecified atom stereocenters. The van der Waals surface area contributed by atoms with E-state index in [0.717, 1.165) is 24.1 Å². The van der Waals surface area contributed by atoms with E-state index >= 15 is 0 Å². The first kappa shape index (κ1) is 14.2. The zero-order valence-corrected chi connectivity index (χ0v) is 11.0. The van der Waals surface area contributed by atoms with Crippen LogP contribution in [0.5, 0.6) is 0 Å². The largest absolute Gasteiger partial charge is 0.382 e. The van der Waals surface area contributed by atoms with Crippen molar-refractivity contribution in [1.29, 1.82) is 0 Å². The molecule has 0 aliphatic carbocycles. The summed E-state index contributed by atoms with van der Waals surface area (Å²) in [5.41, 5.74) is 1.76. The molecule has 0 aliphatic rings. The second-order valence-electron chi connectivity index (χ2n) is 4.37. The van der Waals surface area contributed by atoms with Gasteiger partial charge in [-0.2, -0.15) is 0 Å². The van der Waals surface area contributed by atoms with Crippen molar-refractivity contribution in [1.82, 2.24) is 0 Å². The lowest BCUT2D eigenvalue weighted by atomic mass is 10.1. The molecule has 1 aromatic rings. The summed E-state index contributed by atoms with van der Waals surface area (Å²) in [7, 11) is 0. The first-order valence-electron chi connectivity index (χ1n) is 6.23. The maximum Gasteiger partial charge on any atom is 0.274 e. The Morgan fingerprint density at radius 1 is 1.56 bits per heavy atom.